The van der Waals surface area contributed by atoms with Gasteiger partial charge in [-0.2, -0.15) is 0 Å². The summed E-state index contributed by atoms with van der Waals surface area (Å²) in [7, 11) is 0. The lowest BCUT2D eigenvalue weighted by molar-refractivity contribution is 0.310. The lowest BCUT2D eigenvalue weighted by Crippen LogP contribution is -2.39. The molecule has 7 nitrogen and oxygen atoms in total. The highest BCUT2D eigenvalue weighted by molar-refractivity contribution is 14.0. The van der Waals surface area contributed by atoms with Gasteiger partial charge in [-0.15, -0.1) is 24.0 Å². The van der Waals surface area contributed by atoms with Crippen LogP contribution < -0.4 is 15.4 Å². The van der Waals surface area contributed by atoms with Gasteiger partial charge >= 0.3 is 0 Å². The zero-order valence-electron chi connectivity index (χ0n) is 14.5. The van der Waals surface area contributed by atoms with Gasteiger partial charge in [-0.25, -0.2) is 15.0 Å². The molecule has 0 bridgehead atoms. The van der Waals surface area contributed by atoms with Crippen LogP contribution in [0.1, 0.15) is 24.3 Å². The van der Waals surface area contributed by atoms with Gasteiger partial charge in [0, 0.05) is 12.7 Å². The van der Waals surface area contributed by atoms with Crippen LogP contribution in [0.25, 0.3) is 0 Å². The van der Waals surface area contributed by atoms with Gasteiger partial charge in [-0.05, 0) is 32.9 Å². The molecule has 2 rings (SSSR count). The van der Waals surface area contributed by atoms with Crippen molar-refractivity contribution in [3.63, 3.8) is 0 Å². The third-order valence-corrected chi connectivity index (χ3v) is 3.44. The minimum Gasteiger partial charge on any atom is -0.475 e. The standard InChI is InChI=1S/C16H22ClN5O2.HI/c1-4-18-16(21-10-14-22-11(2)12(3)24-14)20-8-9-23-15-13(17)6-5-7-19-15;/h5-7H,4,8-10H2,1-3H3,(H2,18,20,21);1H. The van der Waals surface area contributed by atoms with E-state index in [2.05, 4.69) is 25.6 Å². The summed E-state index contributed by atoms with van der Waals surface area (Å²) in [6, 6.07) is 3.50. The van der Waals surface area contributed by atoms with Crippen LogP contribution in [-0.4, -0.2) is 35.6 Å². The van der Waals surface area contributed by atoms with Crippen molar-refractivity contribution in [1.82, 2.24) is 20.6 Å². The molecular formula is C16H23ClIN5O2. The second-order valence-electron chi connectivity index (χ2n) is 5.01. The second kappa shape index (κ2) is 11.1. The molecule has 0 unspecified atom stereocenters. The lowest BCUT2D eigenvalue weighted by Gasteiger charge is -2.11. The molecule has 138 valence electrons. The quantitative estimate of drug-likeness (QED) is 0.275. The first kappa shape index (κ1) is 21.5. The van der Waals surface area contributed by atoms with E-state index in [1.807, 2.05) is 20.8 Å². The monoisotopic (exact) mass is 479 g/mol. The number of pyridine rings is 1. The third-order valence-electron chi connectivity index (χ3n) is 3.15. The molecule has 0 atom stereocenters. The van der Waals surface area contributed by atoms with Crippen molar-refractivity contribution in [2.75, 3.05) is 19.7 Å². The Morgan fingerprint density at radius 2 is 2.16 bits per heavy atom. The van der Waals surface area contributed by atoms with Crippen LogP contribution in [0.2, 0.25) is 5.02 Å². The number of halogens is 2. The van der Waals surface area contributed by atoms with Crippen molar-refractivity contribution >= 4 is 41.5 Å². The van der Waals surface area contributed by atoms with E-state index in [0.717, 1.165) is 18.0 Å². The highest BCUT2D eigenvalue weighted by Crippen LogP contribution is 2.19. The Hall–Kier alpha value is -1.55. The molecule has 0 aliphatic heterocycles. The minimum atomic E-state index is 0. The highest BCUT2D eigenvalue weighted by Gasteiger charge is 2.06. The number of oxazole rings is 1. The first-order chi connectivity index (χ1) is 11.6. The molecule has 0 saturated carbocycles. The van der Waals surface area contributed by atoms with Crippen molar-refractivity contribution in [1.29, 1.82) is 0 Å². The topological polar surface area (TPSA) is 84.6 Å². The van der Waals surface area contributed by atoms with Crippen molar-refractivity contribution in [2.45, 2.75) is 27.3 Å². The average molecular weight is 480 g/mol. The summed E-state index contributed by atoms with van der Waals surface area (Å²) in [5.41, 5.74) is 0.888. The summed E-state index contributed by atoms with van der Waals surface area (Å²) in [6.45, 7) is 7.90. The molecule has 25 heavy (non-hydrogen) atoms. The van der Waals surface area contributed by atoms with E-state index in [1.54, 1.807) is 18.3 Å². The largest absolute Gasteiger partial charge is 0.475 e. The predicted octanol–water partition coefficient (Wildman–Crippen LogP) is 3.09. The molecule has 2 N–H and O–H groups in total. The minimum absolute atomic E-state index is 0. The number of hydrogen-bond donors (Lipinski definition) is 2. The average Bonchev–Trinajstić information content (AvgIpc) is 2.89. The van der Waals surface area contributed by atoms with Gasteiger partial charge in [-0.1, -0.05) is 11.6 Å². The maximum Gasteiger partial charge on any atom is 0.232 e. The van der Waals surface area contributed by atoms with E-state index >= 15 is 0 Å². The Labute approximate surface area is 169 Å². The van der Waals surface area contributed by atoms with Crippen LogP contribution in [-0.2, 0) is 6.54 Å². The number of guanidine groups is 1. The molecule has 0 saturated heterocycles. The van der Waals surface area contributed by atoms with Crippen LogP contribution in [0.5, 0.6) is 5.88 Å². The third kappa shape index (κ3) is 7.07. The molecule has 0 spiro atoms. The van der Waals surface area contributed by atoms with Crippen molar-refractivity contribution in [2.24, 2.45) is 4.99 Å². The van der Waals surface area contributed by atoms with Crippen molar-refractivity contribution in [3.8, 4) is 5.88 Å². The number of rotatable bonds is 7. The number of nitrogens with zero attached hydrogens (tertiary/aromatic N) is 3. The number of ether oxygens (including phenoxy) is 1. The van der Waals surface area contributed by atoms with E-state index < -0.39 is 0 Å². The number of nitrogens with one attached hydrogen (secondary N) is 2. The molecule has 2 aromatic heterocycles. The fourth-order valence-electron chi connectivity index (χ4n) is 1.89. The Bertz CT molecular complexity index is 673. The van der Waals surface area contributed by atoms with Gasteiger partial charge in [0.25, 0.3) is 0 Å². The van der Waals surface area contributed by atoms with Gasteiger partial charge in [0.15, 0.2) is 5.96 Å². The Morgan fingerprint density at radius 1 is 1.36 bits per heavy atom. The zero-order chi connectivity index (χ0) is 17.4. The summed E-state index contributed by atoms with van der Waals surface area (Å²) in [6.07, 6.45) is 1.64. The van der Waals surface area contributed by atoms with E-state index in [0.29, 0.717) is 42.4 Å². The molecule has 0 aliphatic carbocycles. The molecular weight excluding hydrogens is 457 g/mol. The first-order valence-corrected chi connectivity index (χ1v) is 8.16. The molecule has 0 aliphatic rings. The van der Waals surface area contributed by atoms with Crippen LogP contribution >= 0.6 is 35.6 Å². The van der Waals surface area contributed by atoms with Gasteiger partial charge in [-0.3, -0.25) is 0 Å². The number of aryl methyl sites for hydroxylation is 2. The number of aliphatic imine (C=N–C) groups is 1. The van der Waals surface area contributed by atoms with Crippen molar-refractivity contribution in [3.05, 3.63) is 40.7 Å². The summed E-state index contributed by atoms with van der Waals surface area (Å²) in [5.74, 6) is 2.51. The second-order valence-corrected chi connectivity index (χ2v) is 5.42. The molecule has 9 heteroatoms. The van der Waals surface area contributed by atoms with Crippen LogP contribution in [0.4, 0.5) is 0 Å². The highest BCUT2D eigenvalue weighted by atomic mass is 127. The smallest absolute Gasteiger partial charge is 0.232 e. The van der Waals surface area contributed by atoms with Gasteiger partial charge < -0.3 is 19.8 Å². The first-order valence-electron chi connectivity index (χ1n) is 7.78. The zero-order valence-corrected chi connectivity index (χ0v) is 17.6. The predicted molar refractivity (Wildman–Crippen MR) is 109 cm³/mol. The maximum atomic E-state index is 5.99. The molecule has 0 amide bonds. The van der Waals surface area contributed by atoms with Gasteiger partial charge in [0.05, 0.1) is 12.2 Å². The maximum absolute atomic E-state index is 5.99. The van der Waals surface area contributed by atoms with Crippen LogP contribution in [0.15, 0.2) is 27.7 Å². The number of aromatic nitrogens is 2. The van der Waals surface area contributed by atoms with E-state index in [4.69, 9.17) is 20.8 Å². The molecule has 2 heterocycles. The Balaban J connectivity index is 0.00000312. The summed E-state index contributed by atoms with van der Waals surface area (Å²) in [4.78, 5) is 12.8. The van der Waals surface area contributed by atoms with E-state index in [-0.39, 0.29) is 24.0 Å². The molecule has 0 radical (unpaired) electrons. The Kier molecular flexibility index (Phi) is 9.58. The Morgan fingerprint density at radius 3 is 2.80 bits per heavy atom. The summed E-state index contributed by atoms with van der Waals surface area (Å²) < 4.78 is 11.0. The van der Waals surface area contributed by atoms with Crippen molar-refractivity contribution < 1.29 is 9.15 Å². The summed E-state index contributed by atoms with van der Waals surface area (Å²) in [5, 5.41) is 6.83. The molecule has 0 aromatic carbocycles. The normalized spacial score (nSPS) is 11.0. The van der Waals surface area contributed by atoms with Gasteiger partial charge in [0.2, 0.25) is 11.8 Å². The van der Waals surface area contributed by atoms with Crippen LogP contribution in [0.3, 0.4) is 0 Å². The van der Waals surface area contributed by atoms with E-state index in [9.17, 15) is 0 Å². The molecule has 2 aromatic rings. The van der Waals surface area contributed by atoms with Gasteiger partial charge in [0.1, 0.15) is 23.9 Å². The van der Waals surface area contributed by atoms with E-state index in [1.165, 1.54) is 0 Å². The number of hydrogen-bond acceptors (Lipinski definition) is 5. The lowest BCUT2D eigenvalue weighted by atomic mass is 10.4. The van der Waals surface area contributed by atoms with Crippen LogP contribution in [0, 0.1) is 13.8 Å². The fraction of sp³-hybridized carbons (Fsp3) is 0.438. The fourth-order valence-corrected chi connectivity index (χ4v) is 2.07. The summed E-state index contributed by atoms with van der Waals surface area (Å²) >= 11 is 5.99. The molecule has 0 fully saturated rings. The SMILES string of the molecule is CCNC(=NCc1nc(C)c(C)o1)NCCOc1ncccc1Cl.I.